The minimum atomic E-state index is -0.401. The first-order chi connectivity index (χ1) is 14.2. The smallest absolute Gasteiger partial charge is 0.181 e. The molecule has 0 atom stereocenters. The summed E-state index contributed by atoms with van der Waals surface area (Å²) >= 11 is 1.80. The van der Waals surface area contributed by atoms with Gasteiger partial charge in [-0.3, -0.25) is 10.00 Å². The van der Waals surface area contributed by atoms with Crippen LogP contribution in [0.4, 0.5) is 4.39 Å². The van der Waals surface area contributed by atoms with Crippen LogP contribution in [-0.4, -0.2) is 40.3 Å². The number of likely N-dealkylation sites (tertiary alicyclic amines) is 1. The Hall–Kier alpha value is -2.77. The molecule has 0 saturated carbocycles. The van der Waals surface area contributed by atoms with Crippen LogP contribution in [0.25, 0.3) is 32.7 Å². The lowest BCUT2D eigenvalue weighted by atomic mass is 10.1. The second kappa shape index (κ2) is 7.57. The molecule has 5 nitrogen and oxygen atoms in total. The Kier molecular flexibility index (Phi) is 4.77. The fraction of sp³-hybridized carbons (Fsp3) is 0.273. The first-order valence-electron chi connectivity index (χ1n) is 9.71. The monoisotopic (exact) mass is 408 g/mol. The van der Waals surface area contributed by atoms with Gasteiger partial charge in [0.15, 0.2) is 17.2 Å². The number of fused-ring (bicyclic) bond motifs is 1. The maximum atomic E-state index is 14.2. The van der Waals surface area contributed by atoms with E-state index in [1.807, 2.05) is 12.3 Å². The molecule has 148 valence electrons. The third kappa shape index (κ3) is 3.41. The van der Waals surface area contributed by atoms with Gasteiger partial charge in [0.2, 0.25) is 0 Å². The van der Waals surface area contributed by atoms with Crippen molar-refractivity contribution in [1.29, 1.82) is 0 Å². The summed E-state index contributed by atoms with van der Waals surface area (Å²) in [5.41, 5.74) is 2.98. The topological polar surface area (TPSA) is 54.0 Å². The number of pyridine rings is 1. The number of rotatable bonds is 5. The number of nitrogens with one attached hydrogen (secondary N) is 1. The third-order valence-corrected chi connectivity index (χ3v) is 6.49. The molecule has 7 heteroatoms. The van der Waals surface area contributed by atoms with Gasteiger partial charge in [0.1, 0.15) is 0 Å². The van der Waals surface area contributed by atoms with Crippen LogP contribution in [0.1, 0.15) is 17.7 Å². The van der Waals surface area contributed by atoms with E-state index in [1.54, 1.807) is 17.4 Å². The Morgan fingerprint density at radius 3 is 2.90 bits per heavy atom. The van der Waals surface area contributed by atoms with Crippen molar-refractivity contribution in [2.45, 2.75) is 19.4 Å². The fourth-order valence-electron chi connectivity index (χ4n) is 3.93. The molecule has 1 aliphatic rings. The second-order valence-electron chi connectivity index (χ2n) is 7.26. The van der Waals surface area contributed by atoms with E-state index in [1.165, 1.54) is 48.9 Å². The largest absolute Gasteiger partial charge is 0.493 e. The highest BCUT2D eigenvalue weighted by molar-refractivity contribution is 7.15. The van der Waals surface area contributed by atoms with Crippen LogP contribution in [0.5, 0.6) is 5.75 Å². The van der Waals surface area contributed by atoms with E-state index >= 15 is 0 Å². The van der Waals surface area contributed by atoms with Crippen LogP contribution in [0, 0.1) is 5.82 Å². The van der Waals surface area contributed by atoms with E-state index in [-0.39, 0.29) is 5.75 Å². The fourth-order valence-corrected chi connectivity index (χ4v) is 4.96. The Labute approximate surface area is 172 Å². The van der Waals surface area contributed by atoms with Crippen molar-refractivity contribution in [3.8, 4) is 27.4 Å². The number of hydrogen-bond acceptors (Lipinski definition) is 5. The van der Waals surface area contributed by atoms with Gasteiger partial charge >= 0.3 is 0 Å². The van der Waals surface area contributed by atoms with Crippen molar-refractivity contribution in [3.63, 3.8) is 0 Å². The predicted molar refractivity (Wildman–Crippen MR) is 114 cm³/mol. The number of para-hydroxylation sites is 1. The molecule has 29 heavy (non-hydrogen) atoms. The first kappa shape index (κ1) is 18.3. The summed E-state index contributed by atoms with van der Waals surface area (Å²) in [4.78, 5) is 9.55. The molecule has 4 heterocycles. The van der Waals surface area contributed by atoms with E-state index in [2.05, 4.69) is 38.3 Å². The van der Waals surface area contributed by atoms with Gasteiger partial charge in [-0.15, -0.1) is 11.3 Å². The molecule has 1 aromatic carbocycles. The summed E-state index contributed by atoms with van der Waals surface area (Å²) in [5, 5.41) is 8.14. The lowest BCUT2D eigenvalue weighted by Gasteiger charge is -2.12. The summed E-state index contributed by atoms with van der Waals surface area (Å²) in [6.07, 6.45) is 4.44. The average molecular weight is 409 g/mol. The number of nitrogens with zero attached hydrogens (tertiary/aromatic N) is 3. The van der Waals surface area contributed by atoms with Crippen molar-refractivity contribution in [2.75, 3.05) is 20.2 Å². The molecule has 1 aliphatic heterocycles. The summed E-state index contributed by atoms with van der Waals surface area (Å²) < 4.78 is 19.5. The van der Waals surface area contributed by atoms with E-state index in [9.17, 15) is 4.39 Å². The van der Waals surface area contributed by atoms with Crippen LogP contribution >= 0.6 is 11.3 Å². The van der Waals surface area contributed by atoms with E-state index in [0.717, 1.165) is 17.5 Å². The molecule has 1 saturated heterocycles. The minimum absolute atomic E-state index is 0.201. The zero-order valence-electron chi connectivity index (χ0n) is 16.1. The standard InChI is InChI=1S/C22H21FN4OS/c1-28-21-16(5-4-6-18(21)23)20-17-11-14(12-24-22(17)26-25-20)19-8-7-15(29-19)13-27-9-2-3-10-27/h4-8,11-12H,2-3,9-10,13H2,1H3,(H,24,25,26). The zero-order chi connectivity index (χ0) is 19.8. The molecule has 0 bridgehead atoms. The van der Waals surface area contributed by atoms with Gasteiger partial charge in [-0.05, 0) is 56.3 Å². The molecule has 3 aromatic heterocycles. The van der Waals surface area contributed by atoms with Gasteiger partial charge in [-0.1, -0.05) is 6.07 Å². The highest BCUT2D eigenvalue weighted by atomic mass is 32.1. The van der Waals surface area contributed by atoms with Crippen molar-refractivity contribution in [1.82, 2.24) is 20.1 Å². The highest BCUT2D eigenvalue weighted by Crippen LogP contribution is 2.37. The molecular weight excluding hydrogens is 387 g/mol. The number of thiophene rings is 1. The van der Waals surface area contributed by atoms with E-state index in [4.69, 9.17) is 4.74 Å². The predicted octanol–water partition coefficient (Wildman–Crippen LogP) is 5.10. The Bertz CT molecular complexity index is 1160. The van der Waals surface area contributed by atoms with Gasteiger partial charge < -0.3 is 4.74 Å². The number of aromatic nitrogens is 3. The molecule has 0 aliphatic carbocycles. The number of H-pyrrole nitrogens is 1. The summed E-state index contributed by atoms with van der Waals surface area (Å²) in [6, 6.07) is 11.3. The maximum absolute atomic E-state index is 14.2. The summed E-state index contributed by atoms with van der Waals surface area (Å²) in [6.45, 7) is 3.39. The minimum Gasteiger partial charge on any atom is -0.493 e. The SMILES string of the molecule is COc1c(F)cccc1-c1[nH]nc2ncc(-c3ccc(CN4CCCC4)s3)cc12. The van der Waals surface area contributed by atoms with Crippen LogP contribution in [0.15, 0.2) is 42.6 Å². The molecule has 0 radical (unpaired) electrons. The number of hydrogen-bond donors (Lipinski definition) is 1. The Morgan fingerprint density at radius 2 is 2.07 bits per heavy atom. The Morgan fingerprint density at radius 1 is 1.21 bits per heavy atom. The summed E-state index contributed by atoms with van der Waals surface area (Å²) in [5.74, 6) is -0.200. The number of halogens is 1. The zero-order valence-corrected chi connectivity index (χ0v) is 16.9. The van der Waals surface area contributed by atoms with Crippen LogP contribution < -0.4 is 4.74 Å². The molecule has 1 fully saturated rings. The van der Waals surface area contributed by atoms with E-state index < -0.39 is 5.82 Å². The molecule has 0 spiro atoms. The molecule has 1 N–H and O–H groups in total. The van der Waals surface area contributed by atoms with Crippen molar-refractivity contribution < 1.29 is 9.13 Å². The lowest BCUT2D eigenvalue weighted by molar-refractivity contribution is 0.334. The second-order valence-corrected chi connectivity index (χ2v) is 8.43. The van der Waals surface area contributed by atoms with Crippen LogP contribution in [0.2, 0.25) is 0 Å². The maximum Gasteiger partial charge on any atom is 0.181 e. The number of benzene rings is 1. The number of ether oxygens (including phenoxy) is 1. The van der Waals surface area contributed by atoms with Gasteiger partial charge in [-0.25, -0.2) is 9.37 Å². The average Bonchev–Trinajstić information content (AvgIpc) is 3.48. The molecule has 0 amide bonds. The van der Waals surface area contributed by atoms with Crippen molar-refractivity contribution in [2.24, 2.45) is 0 Å². The summed E-state index contributed by atoms with van der Waals surface area (Å²) in [7, 11) is 1.47. The van der Waals surface area contributed by atoms with Gasteiger partial charge in [0, 0.05) is 39.0 Å². The van der Waals surface area contributed by atoms with E-state index in [0.29, 0.717) is 16.9 Å². The molecule has 5 rings (SSSR count). The van der Waals surface area contributed by atoms with Crippen LogP contribution in [-0.2, 0) is 6.54 Å². The number of methoxy groups -OCH3 is 1. The van der Waals surface area contributed by atoms with Gasteiger partial charge in [-0.2, -0.15) is 5.10 Å². The molecule has 4 aromatic rings. The first-order valence-corrected chi connectivity index (χ1v) is 10.5. The number of aromatic amines is 1. The van der Waals surface area contributed by atoms with Crippen LogP contribution in [0.3, 0.4) is 0 Å². The quantitative estimate of drug-likeness (QED) is 0.499. The Balaban J connectivity index is 1.52. The van der Waals surface area contributed by atoms with Gasteiger partial charge in [0.05, 0.1) is 12.8 Å². The van der Waals surface area contributed by atoms with Crippen molar-refractivity contribution >= 4 is 22.4 Å². The van der Waals surface area contributed by atoms with Gasteiger partial charge in [0.25, 0.3) is 0 Å². The van der Waals surface area contributed by atoms with Crippen molar-refractivity contribution in [3.05, 3.63) is 53.3 Å². The molecule has 0 unspecified atom stereocenters. The third-order valence-electron chi connectivity index (χ3n) is 5.37. The highest BCUT2D eigenvalue weighted by Gasteiger charge is 2.18. The molecular formula is C22H21FN4OS. The normalized spacial score (nSPS) is 14.7. The lowest BCUT2D eigenvalue weighted by Crippen LogP contribution is -2.17.